The number of carbonyl (C=O) groups excluding carboxylic acids is 1. The summed E-state index contributed by atoms with van der Waals surface area (Å²) >= 11 is 1.18. The van der Waals surface area contributed by atoms with Gasteiger partial charge >= 0.3 is 5.97 Å². The van der Waals surface area contributed by atoms with Crippen molar-refractivity contribution in [3.8, 4) is 5.75 Å². The third-order valence-corrected chi connectivity index (χ3v) is 6.24. The third-order valence-electron chi connectivity index (χ3n) is 5.07. The Balaban J connectivity index is 1.66. The van der Waals surface area contributed by atoms with Crippen LogP contribution in [0, 0.1) is 12.7 Å². The second-order valence-electron chi connectivity index (χ2n) is 7.22. The van der Waals surface area contributed by atoms with Crippen LogP contribution in [0.25, 0.3) is 10.2 Å². The molecule has 1 N–H and O–H groups in total. The zero-order valence-corrected chi connectivity index (χ0v) is 18.8. The predicted molar refractivity (Wildman–Crippen MR) is 118 cm³/mol. The summed E-state index contributed by atoms with van der Waals surface area (Å²) in [4.78, 5) is 35.3. The molecule has 3 rings (SSSR count). The molecule has 0 aliphatic carbocycles. The maximum atomic E-state index is 12.9. The number of ether oxygens (including phenoxy) is 2. The van der Waals surface area contributed by atoms with E-state index in [-0.39, 0.29) is 24.0 Å². The molecule has 0 radical (unpaired) electrons. The molecule has 31 heavy (non-hydrogen) atoms. The smallest absolute Gasteiger partial charge is 0.348 e. The van der Waals surface area contributed by atoms with Crippen LogP contribution in [0.5, 0.6) is 5.75 Å². The molecule has 2 heterocycles. The van der Waals surface area contributed by atoms with Crippen molar-refractivity contribution in [2.75, 3.05) is 26.8 Å². The number of benzene rings is 1. The first kappa shape index (κ1) is 22.9. The molecule has 0 bridgehead atoms. The highest BCUT2D eigenvalue weighted by Gasteiger charge is 2.22. The first-order valence-corrected chi connectivity index (χ1v) is 10.9. The second-order valence-corrected chi connectivity index (χ2v) is 8.22. The Morgan fingerprint density at radius 2 is 2.03 bits per heavy atom. The fourth-order valence-electron chi connectivity index (χ4n) is 3.19. The van der Waals surface area contributed by atoms with E-state index in [1.807, 2.05) is 14.0 Å². The van der Waals surface area contributed by atoms with E-state index in [1.54, 1.807) is 26.0 Å². The van der Waals surface area contributed by atoms with E-state index in [1.165, 1.54) is 23.5 Å². The molecule has 0 saturated heterocycles. The van der Waals surface area contributed by atoms with Gasteiger partial charge in [0, 0.05) is 6.54 Å². The fraction of sp³-hybridized carbons (Fsp3) is 0.409. The number of esters is 1. The maximum Gasteiger partial charge on any atom is 0.348 e. The topological polar surface area (TPSA) is 84.5 Å². The lowest BCUT2D eigenvalue weighted by Gasteiger charge is -2.23. The molecule has 0 aliphatic rings. The number of aromatic amines is 1. The van der Waals surface area contributed by atoms with E-state index in [0.717, 1.165) is 6.42 Å². The molecule has 3 aromatic rings. The van der Waals surface area contributed by atoms with E-state index < -0.39 is 5.97 Å². The Hall–Kier alpha value is -2.78. The van der Waals surface area contributed by atoms with Crippen LogP contribution in [-0.4, -0.2) is 47.6 Å². The van der Waals surface area contributed by atoms with Gasteiger partial charge in [0.25, 0.3) is 5.56 Å². The highest BCUT2D eigenvalue weighted by Crippen LogP contribution is 2.28. The summed E-state index contributed by atoms with van der Waals surface area (Å²) in [6.45, 7) is 6.90. The lowest BCUT2D eigenvalue weighted by atomic mass is 10.2. The van der Waals surface area contributed by atoms with Gasteiger partial charge in [0.2, 0.25) is 0 Å². The van der Waals surface area contributed by atoms with Crippen LogP contribution in [-0.2, 0) is 4.74 Å². The van der Waals surface area contributed by atoms with Gasteiger partial charge in [-0.2, -0.15) is 0 Å². The largest absolute Gasteiger partial charge is 0.494 e. The Kier molecular flexibility index (Phi) is 7.40. The third kappa shape index (κ3) is 5.29. The molecule has 0 aliphatic heterocycles. The molecule has 0 saturated carbocycles. The van der Waals surface area contributed by atoms with Gasteiger partial charge in [-0.3, -0.25) is 9.69 Å². The lowest BCUT2D eigenvalue weighted by molar-refractivity contribution is 0.0531. The second kappa shape index (κ2) is 10.0. The Morgan fingerprint density at radius 1 is 1.32 bits per heavy atom. The van der Waals surface area contributed by atoms with Gasteiger partial charge in [-0.15, -0.1) is 11.3 Å². The van der Waals surface area contributed by atoms with Crippen molar-refractivity contribution < 1.29 is 18.7 Å². The van der Waals surface area contributed by atoms with E-state index in [2.05, 4.69) is 14.9 Å². The minimum Gasteiger partial charge on any atom is -0.494 e. The van der Waals surface area contributed by atoms with E-state index in [4.69, 9.17) is 9.47 Å². The Morgan fingerprint density at radius 3 is 2.71 bits per heavy atom. The number of nitrogens with zero attached hydrogens (tertiary/aromatic N) is 2. The van der Waals surface area contributed by atoms with Gasteiger partial charge in [-0.05, 0) is 64.1 Å². The van der Waals surface area contributed by atoms with Crippen LogP contribution in [0.4, 0.5) is 4.39 Å². The molecule has 9 heteroatoms. The lowest BCUT2D eigenvalue weighted by Crippen LogP contribution is -2.27. The standard InChI is InChI=1S/C22H26FN3O4S/c1-5-29-22(28)18-13(2)17-20(27)24-19(25-21(17)31-18)14(3)26(4)11-6-12-30-16-9-7-15(23)8-10-16/h7-10,14H,5-6,11-12H2,1-4H3,(H,24,25,27). The first-order valence-electron chi connectivity index (χ1n) is 10.1. The first-order chi connectivity index (χ1) is 14.8. The Bertz CT molecular complexity index is 1110. The van der Waals surface area contributed by atoms with Crippen molar-refractivity contribution in [1.82, 2.24) is 14.9 Å². The van der Waals surface area contributed by atoms with Crippen LogP contribution < -0.4 is 10.3 Å². The average molecular weight is 448 g/mol. The van der Waals surface area contributed by atoms with E-state index >= 15 is 0 Å². The molecular formula is C22H26FN3O4S. The fourth-order valence-corrected chi connectivity index (χ4v) is 4.27. The van der Waals surface area contributed by atoms with Gasteiger partial charge in [0.1, 0.15) is 27.1 Å². The number of aromatic nitrogens is 2. The molecule has 0 fully saturated rings. The van der Waals surface area contributed by atoms with Crippen LogP contribution in [0.1, 0.15) is 47.4 Å². The number of rotatable bonds is 9. The highest BCUT2D eigenvalue weighted by atomic mass is 32.1. The quantitative estimate of drug-likeness (QED) is 0.393. The summed E-state index contributed by atoms with van der Waals surface area (Å²) in [6, 6.07) is 5.78. The summed E-state index contributed by atoms with van der Waals surface area (Å²) in [5.74, 6) is 0.431. The molecule has 1 unspecified atom stereocenters. The van der Waals surface area contributed by atoms with Gasteiger partial charge in [0.05, 0.1) is 24.6 Å². The number of H-pyrrole nitrogens is 1. The summed E-state index contributed by atoms with van der Waals surface area (Å²) in [5.41, 5.74) is 0.335. The minimum absolute atomic E-state index is 0.142. The van der Waals surface area contributed by atoms with E-state index in [9.17, 15) is 14.0 Å². The van der Waals surface area contributed by atoms with Gasteiger partial charge in [-0.25, -0.2) is 14.2 Å². The number of thiophene rings is 1. The summed E-state index contributed by atoms with van der Waals surface area (Å²) in [5, 5.41) is 0.430. The van der Waals surface area contributed by atoms with Crippen molar-refractivity contribution in [3.05, 3.63) is 56.7 Å². The number of hydrogen-bond donors (Lipinski definition) is 1. The maximum absolute atomic E-state index is 12.9. The summed E-state index contributed by atoms with van der Waals surface area (Å²) in [7, 11) is 1.94. The van der Waals surface area contributed by atoms with Crippen LogP contribution in [0.2, 0.25) is 0 Å². The number of aryl methyl sites for hydroxylation is 1. The van der Waals surface area contributed by atoms with Crippen molar-refractivity contribution >= 4 is 27.5 Å². The molecule has 7 nitrogen and oxygen atoms in total. The van der Waals surface area contributed by atoms with Crippen LogP contribution in [0.15, 0.2) is 29.1 Å². The van der Waals surface area contributed by atoms with Crippen molar-refractivity contribution in [2.45, 2.75) is 33.2 Å². The molecule has 2 aromatic heterocycles. The minimum atomic E-state index is -0.435. The summed E-state index contributed by atoms with van der Waals surface area (Å²) < 4.78 is 23.6. The molecule has 166 valence electrons. The molecule has 0 spiro atoms. The number of hydrogen-bond acceptors (Lipinski definition) is 7. The van der Waals surface area contributed by atoms with Crippen LogP contribution in [0.3, 0.4) is 0 Å². The van der Waals surface area contributed by atoms with Crippen molar-refractivity contribution in [1.29, 1.82) is 0 Å². The predicted octanol–water partition coefficient (Wildman–Crippen LogP) is 4.07. The number of halogens is 1. The average Bonchev–Trinajstić information content (AvgIpc) is 3.09. The Labute approximate surface area is 183 Å². The number of fused-ring (bicyclic) bond motifs is 1. The molecule has 0 amide bonds. The van der Waals surface area contributed by atoms with Crippen molar-refractivity contribution in [3.63, 3.8) is 0 Å². The zero-order chi connectivity index (χ0) is 22.5. The van der Waals surface area contributed by atoms with Crippen molar-refractivity contribution in [2.24, 2.45) is 0 Å². The zero-order valence-electron chi connectivity index (χ0n) is 18.0. The number of carbonyl (C=O) groups is 1. The monoisotopic (exact) mass is 447 g/mol. The molecule has 1 atom stereocenters. The molecule has 1 aromatic carbocycles. The van der Waals surface area contributed by atoms with Gasteiger partial charge < -0.3 is 14.5 Å². The number of nitrogens with one attached hydrogen (secondary N) is 1. The SMILES string of the molecule is CCOC(=O)c1sc2nc(C(C)N(C)CCCOc3ccc(F)cc3)[nH]c(=O)c2c1C. The van der Waals surface area contributed by atoms with Crippen LogP contribution >= 0.6 is 11.3 Å². The van der Waals surface area contributed by atoms with Gasteiger partial charge in [0.15, 0.2) is 0 Å². The highest BCUT2D eigenvalue weighted by molar-refractivity contribution is 7.20. The molecular weight excluding hydrogens is 421 g/mol. The normalized spacial score (nSPS) is 12.3. The summed E-state index contributed by atoms with van der Waals surface area (Å²) in [6.07, 6.45) is 0.746. The van der Waals surface area contributed by atoms with Gasteiger partial charge in [-0.1, -0.05) is 0 Å². The van der Waals surface area contributed by atoms with E-state index in [0.29, 0.717) is 45.4 Å².